The molecule has 0 saturated carbocycles. The van der Waals surface area contributed by atoms with E-state index in [1.165, 1.54) is 11.3 Å². The Balaban J connectivity index is 1.62. The lowest BCUT2D eigenvalue weighted by Crippen LogP contribution is -2.37. The normalized spacial score (nSPS) is 15.0. The molecule has 1 aromatic carbocycles. The van der Waals surface area contributed by atoms with Crippen LogP contribution in [0.4, 0.5) is 11.5 Å². The van der Waals surface area contributed by atoms with Crippen molar-refractivity contribution >= 4 is 22.7 Å². The second kappa shape index (κ2) is 6.45. The summed E-state index contributed by atoms with van der Waals surface area (Å²) in [5.74, 6) is 0.856. The van der Waals surface area contributed by atoms with Gasteiger partial charge in [-0.2, -0.15) is 0 Å². The molecule has 1 aliphatic heterocycles. The van der Waals surface area contributed by atoms with Gasteiger partial charge in [-0.1, -0.05) is 18.2 Å². The average Bonchev–Trinajstić information content (AvgIpc) is 3.11. The van der Waals surface area contributed by atoms with Crippen LogP contribution in [0.3, 0.4) is 0 Å². The summed E-state index contributed by atoms with van der Waals surface area (Å²) >= 11 is 0. The van der Waals surface area contributed by atoms with Crippen molar-refractivity contribution in [3.63, 3.8) is 0 Å². The molecule has 1 N–H and O–H groups in total. The summed E-state index contributed by atoms with van der Waals surface area (Å²) in [6.45, 7) is 4.19. The number of nitrogens with one attached hydrogen (secondary N) is 1. The van der Waals surface area contributed by atoms with Gasteiger partial charge in [-0.05, 0) is 11.6 Å². The van der Waals surface area contributed by atoms with E-state index in [1.807, 2.05) is 7.05 Å². The largest absolute Gasteiger partial charge is 0.378 e. The maximum atomic E-state index is 5.47. The Morgan fingerprint density at radius 2 is 2.00 bits per heavy atom. The van der Waals surface area contributed by atoms with Crippen LogP contribution < -0.4 is 9.80 Å². The van der Waals surface area contributed by atoms with Gasteiger partial charge in [0.1, 0.15) is 11.8 Å². The lowest BCUT2D eigenvalue weighted by atomic mass is 10.1. The molecule has 0 spiro atoms. The molecule has 1 saturated heterocycles. The number of ether oxygens (including phenoxy) is 1. The highest BCUT2D eigenvalue weighted by Crippen LogP contribution is 2.25. The number of nitrogens with zero attached hydrogens (tertiary/aromatic N) is 5. The minimum absolute atomic E-state index is 0.688. The van der Waals surface area contributed by atoms with Crippen LogP contribution in [0.15, 0.2) is 36.9 Å². The number of benzene rings is 1. The smallest absolute Gasteiger partial charge is 0.182 e. The Morgan fingerprint density at radius 3 is 2.88 bits per heavy atom. The first-order chi connectivity index (χ1) is 11.8. The van der Waals surface area contributed by atoms with Crippen LogP contribution in [0, 0.1) is 0 Å². The summed E-state index contributed by atoms with van der Waals surface area (Å²) < 4.78 is 5.47. The first kappa shape index (κ1) is 14.9. The van der Waals surface area contributed by atoms with Crippen LogP contribution >= 0.6 is 0 Å². The van der Waals surface area contributed by atoms with Crippen LogP contribution in [-0.4, -0.2) is 53.3 Å². The molecule has 24 heavy (non-hydrogen) atoms. The zero-order chi connectivity index (χ0) is 16.4. The van der Waals surface area contributed by atoms with E-state index < -0.39 is 0 Å². The number of para-hydroxylation sites is 1. The molecule has 0 amide bonds. The number of hydrogen-bond acceptors (Lipinski definition) is 6. The maximum Gasteiger partial charge on any atom is 0.182 e. The average molecular weight is 324 g/mol. The molecule has 0 aliphatic carbocycles. The quantitative estimate of drug-likeness (QED) is 0.789. The zero-order valence-electron chi connectivity index (χ0n) is 13.6. The molecular formula is C17H20N6O. The van der Waals surface area contributed by atoms with Crippen LogP contribution in [0.2, 0.25) is 0 Å². The lowest BCUT2D eigenvalue weighted by Gasteiger charge is -2.31. The number of rotatable bonds is 4. The van der Waals surface area contributed by atoms with Crippen molar-refractivity contribution < 1.29 is 4.74 Å². The zero-order valence-corrected chi connectivity index (χ0v) is 13.6. The first-order valence-corrected chi connectivity index (χ1v) is 8.09. The summed E-state index contributed by atoms with van der Waals surface area (Å²) in [5, 5.41) is 0. The third kappa shape index (κ3) is 2.78. The van der Waals surface area contributed by atoms with Crippen LogP contribution in [0.5, 0.6) is 0 Å². The maximum absolute atomic E-state index is 5.47. The Kier molecular flexibility index (Phi) is 4.00. The minimum atomic E-state index is 0.688. The lowest BCUT2D eigenvalue weighted by molar-refractivity contribution is 0.122. The Morgan fingerprint density at radius 1 is 1.17 bits per heavy atom. The van der Waals surface area contributed by atoms with Gasteiger partial charge >= 0.3 is 0 Å². The number of anilines is 2. The Hall–Kier alpha value is -2.67. The van der Waals surface area contributed by atoms with Gasteiger partial charge in [-0.15, -0.1) is 0 Å². The second-order valence-corrected chi connectivity index (χ2v) is 5.88. The van der Waals surface area contributed by atoms with Gasteiger partial charge in [-0.25, -0.2) is 15.0 Å². The summed E-state index contributed by atoms with van der Waals surface area (Å²) in [6, 6.07) is 8.53. The third-order valence-corrected chi connectivity index (χ3v) is 4.32. The second-order valence-electron chi connectivity index (χ2n) is 5.88. The summed E-state index contributed by atoms with van der Waals surface area (Å²) in [5.41, 5.74) is 4.09. The SMILES string of the molecule is CN(Cc1ccccc1N1CCOCC1)c1ncnc2nc[nH]c12. The summed E-state index contributed by atoms with van der Waals surface area (Å²) in [6.07, 6.45) is 3.21. The number of imidazole rings is 1. The number of morpholine rings is 1. The minimum Gasteiger partial charge on any atom is -0.378 e. The Labute approximate surface area is 140 Å². The van der Waals surface area contributed by atoms with Gasteiger partial charge in [-0.3, -0.25) is 0 Å². The Bertz CT molecular complexity index is 827. The highest BCUT2D eigenvalue weighted by Gasteiger charge is 2.17. The molecule has 7 nitrogen and oxygen atoms in total. The highest BCUT2D eigenvalue weighted by atomic mass is 16.5. The molecule has 7 heteroatoms. The molecule has 0 radical (unpaired) electrons. The topological polar surface area (TPSA) is 70.2 Å². The summed E-state index contributed by atoms with van der Waals surface area (Å²) in [7, 11) is 2.04. The van der Waals surface area contributed by atoms with Crippen LogP contribution in [0.25, 0.3) is 11.2 Å². The predicted molar refractivity (Wildman–Crippen MR) is 93.3 cm³/mol. The molecule has 0 unspecified atom stereocenters. The molecule has 0 bridgehead atoms. The fourth-order valence-corrected chi connectivity index (χ4v) is 3.13. The third-order valence-electron chi connectivity index (χ3n) is 4.32. The van der Waals surface area contributed by atoms with E-state index in [0.717, 1.165) is 44.2 Å². The van der Waals surface area contributed by atoms with Gasteiger partial charge in [0.05, 0.1) is 19.5 Å². The van der Waals surface area contributed by atoms with Crippen LogP contribution in [-0.2, 0) is 11.3 Å². The monoisotopic (exact) mass is 324 g/mol. The molecular weight excluding hydrogens is 304 g/mol. The fourth-order valence-electron chi connectivity index (χ4n) is 3.13. The van der Waals surface area contributed by atoms with E-state index in [4.69, 9.17) is 4.74 Å². The number of fused-ring (bicyclic) bond motifs is 1. The van der Waals surface area contributed by atoms with Crippen LogP contribution in [0.1, 0.15) is 5.56 Å². The molecule has 4 rings (SSSR count). The van der Waals surface area contributed by atoms with E-state index in [0.29, 0.717) is 5.65 Å². The molecule has 3 heterocycles. The van der Waals surface area contributed by atoms with E-state index in [9.17, 15) is 0 Å². The molecule has 1 fully saturated rings. The van der Waals surface area contributed by atoms with Gasteiger partial charge in [0.2, 0.25) is 0 Å². The van der Waals surface area contributed by atoms with Crippen molar-refractivity contribution in [1.82, 2.24) is 19.9 Å². The molecule has 1 aliphatic rings. The van der Waals surface area contributed by atoms with Gasteiger partial charge in [0.15, 0.2) is 11.5 Å². The van der Waals surface area contributed by atoms with E-state index in [1.54, 1.807) is 12.7 Å². The van der Waals surface area contributed by atoms with Crippen molar-refractivity contribution in [3.8, 4) is 0 Å². The predicted octanol–water partition coefficient (Wildman–Crippen LogP) is 1.83. The van der Waals surface area contributed by atoms with Crippen molar-refractivity contribution in [3.05, 3.63) is 42.5 Å². The number of hydrogen-bond donors (Lipinski definition) is 1. The van der Waals surface area contributed by atoms with Gasteiger partial charge in [0, 0.05) is 32.4 Å². The fraction of sp³-hybridized carbons (Fsp3) is 0.353. The van der Waals surface area contributed by atoms with Crippen molar-refractivity contribution in [2.75, 3.05) is 43.2 Å². The van der Waals surface area contributed by atoms with Crippen molar-refractivity contribution in [2.45, 2.75) is 6.54 Å². The van der Waals surface area contributed by atoms with Gasteiger partial charge < -0.3 is 19.5 Å². The molecule has 0 atom stereocenters. The summed E-state index contributed by atoms with van der Waals surface area (Å²) in [4.78, 5) is 20.5. The van der Waals surface area contributed by atoms with Gasteiger partial charge in [0.25, 0.3) is 0 Å². The van der Waals surface area contributed by atoms with Crippen molar-refractivity contribution in [1.29, 1.82) is 0 Å². The highest BCUT2D eigenvalue weighted by molar-refractivity contribution is 5.82. The van der Waals surface area contributed by atoms with E-state index in [2.05, 4.69) is 54.0 Å². The standard InChI is InChI=1S/C17H20N6O/c1-22(17-15-16(19-11-18-15)20-12-21-17)10-13-4-2-3-5-14(13)23-6-8-24-9-7-23/h2-5,11-12H,6-10H2,1H3,(H,18,19,20,21). The first-order valence-electron chi connectivity index (χ1n) is 8.09. The number of H-pyrrole nitrogens is 1. The molecule has 3 aromatic rings. The number of aromatic amines is 1. The van der Waals surface area contributed by atoms with Crippen molar-refractivity contribution in [2.24, 2.45) is 0 Å². The number of aromatic nitrogens is 4. The molecule has 2 aromatic heterocycles. The molecule has 124 valence electrons. The van der Waals surface area contributed by atoms with E-state index >= 15 is 0 Å². The van der Waals surface area contributed by atoms with E-state index in [-0.39, 0.29) is 0 Å².